The highest BCUT2D eigenvalue weighted by Gasteiger charge is 2.18. The maximum atomic E-state index is 13.1. The lowest BCUT2D eigenvalue weighted by Gasteiger charge is -2.15. The maximum Gasteiger partial charge on any atom is 0.325 e. The van der Waals surface area contributed by atoms with Crippen LogP contribution >= 0.6 is 43.5 Å². The summed E-state index contributed by atoms with van der Waals surface area (Å²) in [4.78, 5) is 24.6. The fourth-order valence-electron chi connectivity index (χ4n) is 2.95. The molecule has 0 radical (unpaired) electrons. The predicted molar refractivity (Wildman–Crippen MR) is 135 cm³/mol. The second-order valence-corrected chi connectivity index (χ2v) is 8.87. The Labute approximate surface area is 213 Å². The van der Waals surface area contributed by atoms with Gasteiger partial charge < -0.3 is 19.5 Å². The average molecular weight is 598 g/mol. The summed E-state index contributed by atoms with van der Waals surface area (Å²) in [7, 11) is 1.50. The molecule has 0 amide bonds. The molecule has 9 heteroatoms. The lowest BCUT2D eigenvalue weighted by Crippen LogP contribution is -2.16. The zero-order valence-corrected chi connectivity index (χ0v) is 21.7. The molecule has 0 aliphatic carbocycles. The highest BCUT2D eigenvalue weighted by atomic mass is 79.9. The Kier molecular flexibility index (Phi) is 8.77. The topological polar surface area (TPSA) is 73.9 Å². The number of rotatable bonds is 9. The van der Waals surface area contributed by atoms with Crippen LogP contribution in [0.15, 0.2) is 63.5 Å². The number of carbonyl (C=O) groups excluding carboxylic acids is 2. The van der Waals surface area contributed by atoms with Gasteiger partial charge in [0.05, 0.1) is 28.2 Å². The van der Waals surface area contributed by atoms with Crippen molar-refractivity contribution in [3.63, 3.8) is 0 Å². The van der Waals surface area contributed by atoms with Gasteiger partial charge in [-0.1, -0.05) is 11.6 Å². The van der Waals surface area contributed by atoms with E-state index in [0.717, 1.165) is 0 Å². The van der Waals surface area contributed by atoms with Crippen molar-refractivity contribution in [2.75, 3.05) is 25.6 Å². The third-order valence-corrected chi connectivity index (χ3v) is 5.91. The first-order chi connectivity index (χ1) is 15.8. The first-order valence-electron chi connectivity index (χ1n) is 9.87. The summed E-state index contributed by atoms with van der Waals surface area (Å²) in [5, 5.41) is 3.55. The molecule has 0 atom stereocenters. The zero-order valence-electron chi connectivity index (χ0n) is 17.8. The maximum absolute atomic E-state index is 13.1. The van der Waals surface area contributed by atoms with Gasteiger partial charge in [0.15, 0.2) is 11.5 Å². The molecule has 33 heavy (non-hydrogen) atoms. The summed E-state index contributed by atoms with van der Waals surface area (Å²) in [6, 6.07) is 15.2. The minimum Gasteiger partial charge on any atom is -0.496 e. The fourth-order valence-corrected chi connectivity index (χ4v) is 4.42. The normalized spacial score (nSPS) is 10.5. The molecule has 0 fully saturated rings. The Morgan fingerprint density at radius 2 is 1.67 bits per heavy atom. The van der Waals surface area contributed by atoms with E-state index in [4.69, 9.17) is 25.8 Å². The molecule has 6 nitrogen and oxygen atoms in total. The van der Waals surface area contributed by atoms with Crippen LogP contribution in [0.1, 0.15) is 22.8 Å². The Morgan fingerprint density at radius 1 is 1.00 bits per heavy atom. The van der Waals surface area contributed by atoms with Gasteiger partial charge in [-0.2, -0.15) is 0 Å². The monoisotopic (exact) mass is 595 g/mol. The molecule has 0 aromatic heterocycles. The van der Waals surface area contributed by atoms with Gasteiger partial charge in [0, 0.05) is 16.3 Å². The largest absolute Gasteiger partial charge is 0.496 e. The molecular formula is C24H20Br2ClNO5. The third-order valence-electron chi connectivity index (χ3n) is 4.48. The second kappa shape index (κ2) is 11.5. The minimum atomic E-state index is -0.346. The van der Waals surface area contributed by atoms with E-state index < -0.39 is 0 Å². The zero-order chi connectivity index (χ0) is 24.0. The van der Waals surface area contributed by atoms with Crippen LogP contribution in [0.5, 0.6) is 17.2 Å². The van der Waals surface area contributed by atoms with Crippen LogP contribution in [0.2, 0.25) is 5.02 Å². The van der Waals surface area contributed by atoms with Gasteiger partial charge in [-0.25, -0.2) is 0 Å². The number of ketones is 1. The van der Waals surface area contributed by atoms with E-state index in [2.05, 4.69) is 37.2 Å². The summed E-state index contributed by atoms with van der Waals surface area (Å²) in [5.41, 5.74) is 1.54. The number of methoxy groups -OCH3 is 1. The first kappa shape index (κ1) is 25.1. The van der Waals surface area contributed by atoms with Crippen molar-refractivity contribution >= 4 is 60.9 Å². The van der Waals surface area contributed by atoms with Crippen LogP contribution in [0.3, 0.4) is 0 Å². The van der Waals surface area contributed by atoms with Crippen LogP contribution < -0.4 is 14.8 Å². The number of carbonyl (C=O) groups is 2. The van der Waals surface area contributed by atoms with Crippen LogP contribution in [0.4, 0.5) is 5.69 Å². The Hall–Kier alpha value is -2.55. The number of benzene rings is 3. The van der Waals surface area contributed by atoms with E-state index in [1.165, 1.54) is 7.11 Å². The molecule has 0 saturated heterocycles. The fraction of sp³-hybridized carbons (Fsp3) is 0.167. The molecule has 172 valence electrons. The van der Waals surface area contributed by atoms with E-state index in [1.807, 2.05) is 0 Å². The molecule has 3 rings (SSSR count). The Balaban J connectivity index is 1.84. The summed E-state index contributed by atoms with van der Waals surface area (Å²) in [5.74, 6) is 0.819. The van der Waals surface area contributed by atoms with Crippen LogP contribution in [0, 0.1) is 0 Å². The molecular weight excluding hydrogens is 578 g/mol. The van der Waals surface area contributed by atoms with Gasteiger partial charge in [-0.3, -0.25) is 9.59 Å². The van der Waals surface area contributed by atoms with E-state index in [-0.39, 0.29) is 18.3 Å². The van der Waals surface area contributed by atoms with E-state index in [0.29, 0.717) is 54.6 Å². The third kappa shape index (κ3) is 6.50. The number of nitrogens with one attached hydrogen (secondary N) is 1. The minimum absolute atomic E-state index is 0.0432. The number of ether oxygens (including phenoxy) is 3. The Bertz CT molecular complexity index is 1150. The summed E-state index contributed by atoms with van der Waals surface area (Å²) in [6.45, 7) is 2.12. The smallest absolute Gasteiger partial charge is 0.325 e. The Morgan fingerprint density at radius 3 is 2.27 bits per heavy atom. The van der Waals surface area contributed by atoms with Crippen LogP contribution in [-0.2, 0) is 9.53 Å². The van der Waals surface area contributed by atoms with Gasteiger partial charge in [0.25, 0.3) is 0 Å². The van der Waals surface area contributed by atoms with E-state index in [1.54, 1.807) is 61.5 Å². The van der Waals surface area contributed by atoms with Crippen molar-refractivity contribution in [3.8, 4) is 17.2 Å². The molecule has 0 bridgehead atoms. The number of hydrogen-bond acceptors (Lipinski definition) is 6. The average Bonchev–Trinajstić information content (AvgIpc) is 2.80. The van der Waals surface area contributed by atoms with Gasteiger partial charge in [0.1, 0.15) is 18.0 Å². The van der Waals surface area contributed by atoms with E-state index in [9.17, 15) is 9.59 Å². The predicted octanol–water partition coefficient (Wildman–Crippen LogP) is 6.87. The molecule has 0 aliphatic rings. The SMILES string of the molecule is CCOC(=O)CNc1cc(Br)c(Oc2ccc(OC)c(C(=O)c3ccc(Cl)cc3)c2)c(Br)c1. The molecule has 0 aliphatic heterocycles. The molecule has 1 N–H and O–H groups in total. The van der Waals surface area contributed by atoms with Gasteiger partial charge in [-0.05, 0) is 93.4 Å². The lowest BCUT2D eigenvalue weighted by atomic mass is 10.0. The van der Waals surface area contributed by atoms with Gasteiger partial charge in [-0.15, -0.1) is 0 Å². The number of esters is 1. The van der Waals surface area contributed by atoms with Crippen LogP contribution in [0.25, 0.3) is 0 Å². The summed E-state index contributed by atoms with van der Waals surface area (Å²) in [6.07, 6.45) is 0. The summed E-state index contributed by atoms with van der Waals surface area (Å²) < 4.78 is 17.6. The molecule has 0 unspecified atom stereocenters. The standard InChI is InChI=1S/C24H20Br2ClNO5/c1-3-32-22(29)13-28-16-10-19(25)24(20(26)11-16)33-17-8-9-21(31-2)18(12-17)23(30)14-4-6-15(27)7-5-14/h4-12,28H,3,13H2,1-2H3. The highest BCUT2D eigenvalue weighted by molar-refractivity contribution is 9.11. The van der Waals surface area contributed by atoms with Crippen molar-refractivity contribution < 1.29 is 23.8 Å². The number of halogens is 3. The molecule has 0 heterocycles. The first-order valence-corrected chi connectivity index (χ1v) is 11.8. The van der Waals surface area contributed by atoms with Gasteiger partial charge in [0.2, 0.25) is 0 Å². The number of hydrogen-bond donors (Lipinski definition) is 1. The van der Waals surface area contributed by atoms with Crippen molar-refractivity contribution in [2.24, 2.45) is 0 Å². The summed E-state index contributed by atoms with van der Waals surface area (Å²) >= 11 is 12.9. The highest BCUT2D eigenvalue weighted by Crippen LogP contribution is 2.40. The van der Waals surface area contributed by atoms with Gasteiger partial charge >= 0.3 is 5.97 Å². The van der Waals surface area contributed by atoms with Crippen molar-refractivity contribution in [1.82, 2.24) is 0 Å². The van der Waals surface area contributed by atoms with Crippen LogP contribution in [-0.4, -0.2) is 32.0 Å². The molecule has 3 aromatic carbocycles. The molecule has 0 saturated carbocycles. The lowest BCUT2D eigenvalue weighted by molar-refractivity contribution is -0.140. The second-order valence-electron chi connectivity index (χ2n) is 6.73. The van der Waals surface area contributed by atoms with Crippen molar-refractivity contribution in [2.45, 2.75) is 6.92 Å². The molecule has 0 spiro atoms. The quantitative estimate of drug-likeness (QED) is 0.214. The molecule has 3 aromatic rings. The van der Waals surface area contributed by atoms with E-state index >= 15 is 0 Å². The van der Waals surface area contributed by atoms with Crippen molar-refractivity contribution in [3.05, 3.63) is 79.7 Å². The number of anilines is 1. The van der Waals surface area contributed by atoms with Crippen molar-refractivity contribution in [1.29, 1.82) is 0 Å².